The van der Waals surface area contributed by atoms with Gasteiger partial charge in [0.1, 0.15) is 17.4 Å². The fraction of sp³-hybridized carbons (Fsp3) is 0.300. The van der Waals surface area contributed by atoms with E-state index in [2.05, 4.69) is 0 Å². The zero-order valence-corrected chi connectivity index (χ0v) is 14.7. The van der Waals surface area contributed by atoms with Crippen LogP contribution in [0.4, 0.5) is 8.78 Å². The van der Waals surface area contributed by atoms with Crippen molar-refractivity contribution in [1.29, 1.82) is 0 Å². The van der Waals surface area contributed by atoms with E-state index in [-0.39, 0.29) is 30.7 Å². The van der Waals surface area contributed by atoms with Gasteiger partial charge in [-0.3, -0.25) is 9.59 Å². The van der Waals surface area contributed by atoms with Gasteiger partial charge in [-0.1, -0.05) is 18.2 Å². The van der Waals surface area contributed by atoms with Gasteiger partial charge in [-0.15, -0.1) is 0 Å². The summed E-state index contributed by atoms with van der Waals surface area (Å²) in [5.41, 5.74) is 0.753. The van der Waals surface area contributed by atoms with Crippen molar-refractivity contribution in [3.8, 4) is 5.75 Å². The third kappa shape index (κ3) is 5.26. The van der Waals surface area contributed by atoms with Crippen LogP contribution in [0.25, 0.3) is 0 Å². The smallest absolute Gasteiger partial charge is 0.260 e. The predicted octanol–water partition coefficient (Wildman–Crippen LogP) is 2.26. The molecule has 0 N–H and O–H groups in total. The summed E-state index contributed by atoms with van der Waals surface area (Å²) in [6.45, 7) is 1.53. The molecule has 1 aliphatic rings. The molecule has 5 nitrogen and oxygen atoms in total. The average Bonchev–Trinajstić information content (AvgIpc) is 2.68. The number of nitrogens with zero attached hydrogens (tertiary/aromatic N) is 2. The molecular weight excluding hydrogens is 354 g/mol. The average molecular weight is 374 g/mol. The maximum atomic E-state index is 13.1. The van der Waals surface area contributed by atoms with Gasteiger partial charge in [-0.25, -0.2) is 8.78 Å². The van der Waals surface area contributed by atoms with E-state index in [1.165, 1.54) is 30.3 Å². The SMILES string of the molecule is O=C(COc1cccc(F)c1)N1CCN(C(=O)Cc2ccc(F)cc2)CC1. The van der Waals surface area contributed by atoms with Crippen molar-refractivity contribution in [2.24, 2.45) is 0 Å². The summed E-state index contributed by atoms with van der Waals surface area (Å²) in [6, 6.07) is 11.5. The third-order valence-corrected chi connectivity index (χ3v) is 4.41. The largest absolute Gasteiger partial charge is 0.484 e. The highest BCUT2D eigenvalue weighted by molar-refractivity contribution is 5.80. The van der Waals surface area contributed by atoms with E-state index >= 15 is 0 Å². The molecule has 0 aliphatic carbocycles. The summed E-state index contributed by atoms with van der Waals surface area (Å²) < 4.78 is 31.4. The van der Waals surface area contributed by atoms with Crippen molar-refractivity contribution in [1.82, 2.24) is 9.80 Å². The van der Waals surface area contributed by atoms with E-state index in [1.54, 1.807) is 28.0 Å². The van der Waals surface area contributed by atoms with Crippen LogP contribution in [-0.4, -0.2) is 54.4 Å². The van der Waals surface area contributed by atoms with E-state index in [0.717, 1.165) is 5.56 Å². The van der Waals surface area contributed by atoms with E-state index in [0.29, 0.717) is 31.9 Å². The first-order valence-corrected chi connectivity index (χ1v) is 8.69. The Hall–Kier alpha value is -2.96. The van der Waals surface area contributed by atoms with Gasteiger partial charge in [0.15, 0.2) is 6.61 Å². The molecule has 7 heteroatoms. The minimum absolute atomic E-state index is 0.0512. The first kappa shape index (κ1) is 18.8. The van der Waals surface area contributed by atoms with Crippen LogP contribution in [0.1, 0.15) is 5.56 Å². The van der Waals surface area contributed by atoms with Crippen molar-refractivity contribution < 1.29 is 23.1 Å². The Morgan fingerprint density at radius 1 is 0.852 bits per heavy atom. The highest BCUT2D eigenvalue weighted by Crippen LogP contribution is 2.13. The van der Waals surface area contributed by atoms with Crippen LogP contribution in [0.15, 0.2) is 48.5 Å². The molecule has 1 fully saturated rings. The van der Waals surface area contributed by atoms with E-state index in [4.69, 9.17) is 4.74 Å². The second kappa shape index (κ2) is 8.62. The number of amides is 2. The second-order valence-electron chi connectivity index (χ2n) is 6.31. The number of carbonyl (C=O) groups excluding carboxylic acids is 2. The van der Waals surface area contributed by atoms with Gasteiger partial charge in [0.05, 0.1) is 6.42 Å². The second-order valence-corrected chi connectivity index (χ2v) is 6.31. The molecule has 27 heavy (non-hydrogen) atoms. The summed E-state index contributed by atoms with van der Waals surface area (Å²) in [5.74, 6) is -0.710. The van der Waals surface area contributed by atoms with Crippen LogP contribution in [0.5, 0.6) is 5.75 Å². The maximum absolute atomic E-state index is 13.1. The molecule has 0 radical (unpaired) electrons. The van der Waals surface area contributed by atoms with Gasteiger partial charge in [-0.05, 0) is 29.8 Å². The van der Waals surface area contributed by atoms with Gasteiger partial charge in [0.2, 0.25) is 5.91 Å². The Morgan fingerprint density at radius 2 is 1.48 bits per heavy atom. The fourth-order valence-electron chi connectivity index (χ4n) is 2.89. The molecule has 2 amide bonds. The summed E-state index contributed by atoms with van der Waals surface area (Å²) in [7, 11) is 0. The summed E-state index contributed by atoms with van der Waals surface area (Å²) in [5, 5.41) is 0. The topological polar surface area (TPSA) is 49.9 Å². The first-order valence-electron chi connectivity index (χ1n) is 8.69. The normalized spacial score (nSPS) is 14.1. The van der Waals surface area contributed by atoms with Crippen molar-refractivity contribution >= 4 is 11.8 Å². The number of benzene rings is 2. The zero-order valence-electron chi connectivity index (χ0n) is 14.7. The molecule has 0 spiro atoms. The first-order chi connectivity index (χ1) is 13.0. The lowest BCUT2D eigenvalue weighted by Gasteiger charge is -2.34. The Labute approximate surface area is 156 Å². The molecule has 2 aromatic carbocycles. The lowest BCUT2D eigenvalue weighted by Crippen LogP contribution is -2.52. The van der Waals surface area contributed by atoms with Crippen LogP contribution < -0.4 is 4.74 Å². The number of rotatable bonds is 5. The Balaban J connectivity index is 1.44. The molecule has 0 aromatic heterocycles. The molecule has 3 rings (SSSR count). The van der Waals surface area contributed by atoms with Gasteiger partial charge < -0.3 is 14.5 Å². The van der Waals surface area contributed by atoms with Crippen molar-refractivity contribution in [3.05, 3.63) is 65.7 Å². The van der Waals surface area contributed by atoms with Gasteiger partial charge >= 0.3 is 0 Å². The molecule has 0 unspecified atom stereocenters. The highest BCUT2D eigenvalue weighted by Gasteiger charge is 2.24. The van der Waals surface area contributed by atoms with Crippen LogP contribution in [0.3, 0.4) is 0 Å². The molecule has 1 aliphatic heterocycles. The summed E-state index contributed by atoms with van der Waals surface area (Å²) >= 11 is 0. The molecule has 1 heterocycles. The van der Waals surface area contributed by atoms with Crippen molar-refractivity contribution in [2.45, 2.75) is 6.42 Å². The number of piperazine rings is 1. The lowest BCUT2D eigenvalue weighted by molar-refractivity contribution is -0.140. The van der Waals surface area contributed by atoms with Gasteiger partial charge in [0, 0.05) is 32.2 Å². The molecule has 1 saturated heterocycles. The molecular formula is C20H20F2N2O3. The molecule has 0 bridgehead atoms. The molecule has 0 atom stereocenters. The van der Waals surface area contributed by atoms with E-state index < -0.39 is 5.82 Å². The summed E-state index contributed by atoms with van der Waals surface area (Å²) in [4.78, 5) is 27.9. The molecule has 142 valence electrons. The number of carbonyl (C=O) groups is 2. The summed E-state index contributed by atoms with van der Waals surface area (Å²) in [6.07, 6.45) is 0.205. The van der Waals surface area contributed by atoms with Gasteiger partial charge in [0.25, 0.3) is 5.91 Å². The van der Waals surface area contributed by atoms with E-state index in [9.17, 15) is 18.4 Å². The number of ether oxygens (including phenoxy) is 1. The Morgan fingerprint density at radius 3 is 2.11 bits per heavy atom. The van der Waals surface area contributed by atoms with Crippen molar-refractivity contribution in [2.75, 3.05) is 32.8 Å². The molecule has 0 saturated carbocycles. The van der Waals surface area contributed by atoms with Crippen LogP contribution in [0, 0.1) is 11.6 Å². The fourth-order valence-corrected chi connectivity index (χ4v) is 2.89. The number of hydrogen-bond acceptors (Lipinski definition) is 3. The number of halogens is 2. The monoisotopic (exact) mass is 374 g/mol. The minimum Gasteiger partial charge on any atom is -0.484 e. The van der Waals surface area contributed by atoms with Crippen LogP contribution in [0.2, 0.25) is 0 Å². The molecule has 2 aromatic rings. The van der Waals surface area contributed by atoms with E-state index in [1.807, 2.05) is 0 Å². The minimum atomic E-state index is -0.423. The maximum Gasteiger partial charge on any atom is 0.260 e. The Bertz CT molecular complexity index is 803. The number of hydrogen-bond donors (Lipinski definition) is 0. The van der Waals surface area contributed by atoms with Crippen LogP contribution in [-0.2, 0) is 16.0 Å². The predicted molar refractivity (Wildman–Crippen MR) is 95.2 cm³/mol. The highest BCUT2D eigenvalue weighted by atomic mass is 19.1. The zero-order chi connectivity index (χ0) is 19.2. The van der Waals surface area contributed by atoms with Gasteiger partial charge in [-0.2, -0.15) is 0 Å². The van der Waals surface area contributed by atoms with Crippen LogP contribution >= 0.6 is 0 Å². The van der Waals surface area contributed by atoms with Crippen molar-refractivity contribution in [3.63, 3.8) is 0 Å². The quantitative estimate of drug-likeness (QED) is 0.807. The Kier molecular flexibility index (Phi) is 6.01. The third-order valence-electron chi connectivity index (χ3n) is 4.41. The lowest BCUT2D eigenvalue weighted by atomic mass is 10.1. The standard InChI is InChI=1S/C20H20F2N2O3/c21-16-6-4-15(5-7-16)12-19(25)23-8-10-24(11-9-23)20(26)14-27-18-3-1-2-17(22)13-18/h1-7,13H,8-12,14H2.